The topological polar surface area (TPSA) is 122 Å². The molecule has 160 valence electrons. The third kappa shape index (κ3) is 4.89. The zero-order chi connectivity index (χ0) is 20.8. The molecule has 3 rings (SSSR count). The van der Waals surface area contributed by atoms with Gasteiger partial charge in [0.1, 0.15) is 0 Å². The van der Waals surface area contributed by atoms with Gasteiger partial charge in [0.25, 0.3) is 7.82 Å². The summed E-state index contributed by atoms with van der Waals surface area (Å²) in [5.74, 6) is 1.28. The van der Waals surface area contributed by atoms with Crippen molar-refractivity contribution in [3.8, 4) is 0 Å². The van der Waals surface area contributed by atoms with Gasteiger partial charge in [0.05, 0.1) is 14.4 Å². The first-order valence-electron chi connectivity index (χ1n) is 9.91. The van der Waals surface area contributed by atoms with Gasteiger partial charge in [-0.15, -0.1) is 0 Å². The molecular weight excluding hydrogens is 402 g/mol. The van der Waals surface area contributed by atoms with Gasteiger partial charge in [-0.05, 0) is 66.8 Å². The molecule has 1 unspecified atom stereocenters. The molecule has 2 fully saturated rings. The number of allylic oxidation sites excluding steroid dienone is 3. The zero-order valence-corrected chi connectivity index (χ0v) is 18.5. The number of rotatable bonds is 5. The summed E-state index contributed by atoms with van der Waals surface area (Å²) in [6, 6.07) is 0. The molecule has 28 heavy (non-hydrogen) atoms. The maximum atomic E-state index is 11.3. The molecule has 0 bridgehead atoms. The van der Waals surface area contributed by atoms with Gasteiger partial charge in [0, 0.05) is 0 Å². The van der Waals surface area contributed by atoms with Crippen molar-refractivity contribution in [2.75, 3.05) is 6.61 Å². The van der Waals surface area contributed by atoms with Crippen LogP contribution in [0, 0.1) is 22.7 Å². The predicted octanol–water partition coefficient (Wildman–Crippen LogP) is 3.21. The molecule has 0 amide bonds. The van der Waals surface area contributed by atoms with Crippen LogP contribution in [0.4, 0.5) is 0 Å². The number of hydrogen-bond donors (Lipinski definition) is 0. The summed E-state index contributed by atoms with van der Waals surface area (Å²) in [5.41, 5.74) is 3.10. The minimum atomic E-state index is -5.64. The van der Waals surface area contributed by atoms with Gasteiger partial charge < -0.3 is 23.8 Å². The number of phosphoric acid groups is 2. The Bertz CT molecular complexity index is 766. The first-order chi connectivity index (χ1) is 12.8. The number of fused-ring (bicyclic) bond motifs is 3. The highest BCUT2D eigenvalue weighted by atomic mass is 31.3. The minimum Gasteiger partial charge on any atom is -0.790 e. The lowest BCUT2D eigenvalue weighted by Crippen LogP contribution is -2.50. The molecule has 0 N–H and O–H groups in total. The Labute approximate surface area is 167 Å². The minimum absolute atomic E-state index is 0.315. The lowest BCUT2D eigenvalue weighted by molar-refractivity contribution is -0.339. The van der Waals surface area contributed by atoms with Crippen molar-refractivity contribution >= 4 is 15.6 Å². The Morgan fingerprint density at radius 1 is 1.14 bits per heavy atom. The Hall–Kier alpha value is -0.260. The van der Waals surface area contributed by atoms with Gasteiger partial charge in [-0.1, -0.05) is 44.9 Å². The van der Waals surface area contributed by atoms with Crippen LogP contribution in [0.3, 0.4) is 0 Å². The molecule has 0 aromatic rings. The molecule has 0 spiro atoms. The van der Waals surface area contributed by atoms with E-state index in [-0.39, 0.29) is 6.61 Å². The average Bonchev–Trinajstić information content (AvgIpc) is 2.51. The molecular formula is C19H29O7P2-3. The van der Waals surface area contributed by atoms with E-state index in [4.69, 9.17) is 0 Å². The maximum absolute atomic E-state index is 11.3. The van der Waals surface area contributed by atoms with Gasteiger partial charge in [-0.2, -0.15) is 0 Å². The first-order valence-corrected chi connectivity index (χ1v) is 12.8. The molecule has 3 aliphatic rings. The molecule has 0 heterocycles. The van der Waals surface area contributed by atoms with E-state index in [0.29, 0.717) is 16.7 Å². The van der Waals surface area contributed by atoms with Gasteiger partial charge in [0.2, 0.25) is 0 Å². The second-order valence-electron chi connectivity index (χ2n) is 9.30. The first kappa shape index (κ1) is 22.4. The lowest BCUT2D eigenvalue weighted by Gasteiger charge is -2.59. The van der Waals surface area contributed by atoms with Gasteiger partial charge in [0.15, 0.2) is 0 Å². The highest BCUT2D eigenvalue weighted by molar-refractivity contribution is 7.58. The van der Waals surface area contributed by atoms with Crippen LogP contribution in [-0.4, -0.2) is 6.61 Å². The van der Waals surface area contributed by atoms with Crippen LogP contribution in [-0.2, 0) is 18.0 Å². The Kier molecular flexibility index (Phi) is 6.23. The highest BCUT2D eigenvalue weighted by Crippen LogP contribution is 2.63. The van der Waals surface area contributed by atoms with Crippen molar-refractivity contribution in [3.05, 3.63) is 23.3 Å². The summed E-state index contributed by atoms with van der Waals surface area (Å²) >= 11 is 0. The predicted molar refractivity (Wildman–Crippen MR) is 99.6 cm³/mol. The third-order valence-corrected chi connectivity index (χ3v) is 9.18. The van der Waals surface area contributed by atoms with E-state index in [1.807, 2.05) is 0 Å². The summed E-state index contributed by atoms with van der Waals surface area (Å²) in [4.78, 5) is 32.2. The van der Waals surface area contributed by atoms with E-state index >= 15 is 0 Å². The smallest absolute Gasteiger partial charge is 0.272 e. The molecule has 2 saturated carbocycles. The molecule has 0 aromatic carbocycles. The van der Waals surface area contributed by atoms with Crippen LogP contribution in [0.1, 0.15) is 65.7 Å². The van der Waals surface area contributed by atoms with Crippen LogP contribution >= 0.6 is 15.6 Å². The molecule has 0 radical (unpaired) electrons. The standard InChI is InChI=1S/C19H32O7P2/c1-18(2)10-4-11-19(3)16-7-5-14(13-15(16)6-8-17(18)19)9-12-25-28(23,24)26-27(20,21)22/h9,13,16-17H,4-8,10-12H2,1-3H3,(H,23,24)(H2,20,21,22)/p-3/b14-9-/t16-,17-,19+/m1/s1. The molecule has 0 aliphatic heterocycles. The number of hydrogen-bond acceptors (Lipinski definition) is 7. The molecule has 0 saturated heterocycles. The Balaban J connectivity index is 1.68. The van der Waals surface area contributed by atoms with E-state index in [1.54, 1.807) is 6.08 Å². The Morgan fingerprint density at radius 3 is 2.54 bits per heavy atom. The quantitative estimate of drug-likeness (QED) is 0.613. The van der Waals surface area contributed by atoms with Crippen LogP contribution in [0.15, 0.2) is 23.3 Å². The lowest BCUT2D eigenvalue weighted by atomic mass is 9.46. The fourth-order valence-corrected chi connectivity index (χ4v) is 7.49. The van der Waals surface area contributed by atoms with Crippen molar-refractivity contribution in [2.24, 2.45) is 22.7 Å². The highest BCUT2D eigenvalue weighted by Gasteiger charge is 2.53. The van der Waals surface area contributed by atoms with Gasteiger partial charge in [-0.25, -0.2) is 0 Å². The van der Waals surface area contributed by atoms with Crippen LogP contribution < -0.4 is 14.7 Å². The second kappa shape index (κ2) is 7.77. The van der Waals surface area contributed by atoms with Crippen molar-refractivity contribution in [3.63, 3.8) is 0 Å². The summed E-state index contributed by atoms with van der Waals surface area (Å²) in [6.07, 6.45) is 11.7. The van der Waals surface area contributed by atoms with Crippen molar-refractivity contribution in [1.29, 1.82) is 0 Å². The fourth-order valence-electron chi connectivity index (χ4n) is 6.06. The van der Waals surface area contributed by atoms with E-state index in [1.165, 1.54) is 31.3 Å². The van der Waals surface area contributed by atoms with Crippen molar-refractivity contribution in [1.82, 2.24) is 0 Å². The Morgan fingerprint density at radius 2 is 1.86 bits per heavy atom. The van der Waals surface area contributed by atoms with Crippen molar-refractivity contribution in [2.45, 2.75) is 65.7 Å². The maximum Gasteiger partial charge on any atom is 0.272 e. The zero-order valence-electron chi connectivity index (χ0n) is 16.7. The summed E-state index contributed by atoms with van der Waals surface area (Å²) in [7, 11) is -10.8. The van der Waals surface area contributed by atoms with Crippen LogP contribution in [0.5, 0.6) is 0 Å². The monoisotopic (exact) mass is 431 g/mol. The van der Waals surface area contributed by atoms with Crippen LogP contribution in [0.2, 0.25) is 0 Å². The van der Waals surface area contributed by atoms with Gasteiger partial charge >= 0.3 is 0 Å². The molecule has 7 nitrogen and oxygen atoms in total. The van der Waals surface area contributed by atoms with E-state index in [9.17, 15) is 23.8 Å². The van der Waals surface area contributed by atoms with Crippen LogP contribution in [0.25, 0.3) is 0 Å². The summed E-state index contributed by atoms with van der Waals surface area (Å²) in [6.45, 7) is 6.91. The fraction of sp³-hybridized carbons (Fsp3) is 0.789. The largest absolute Gasteiger partial charge is 0.790 e. The summed E-state index contributed by atoms with van der Waals surface area (Å²) in [5, 5.41) is 0. The van der Waals surface area contributed by atoms with E-state index < -0.39 is 15.6 Å². The third-order valence-electron chi connectivity index (χ3n) is 7.11. The summed E-state index contributed by atoms with van der Waals surface area (Å²) < 4.78 is 29.7. The average molecular weight is 431 g/mol. The second-order valence-corrected chi connectivity index (χ2v) is 12.0. The number of phosphoric ester groups is 1. The SMILES string of the molecule is CC1(C)CCC[C@@]2(C)[C@@H]3CC/C(=C/COP(=O)([O-])OP(=O)([O-])[O-])C=C3CC[C@H]12. The van der Waals surface area contributed by atoms with E-state index in [0.717, 1.165) is 30.8 Å². The molecule has 4 atom stereocenters. The van der Waals surface area contributed by atoms with Crippen molar-refractivity contribution < 1.29 is 32.6 Å². The molecule has 0 aromatic heterocycles. The normalized spacial score (nSPS) is 36.2. The molecule has 3 aliphatic carbocycles. The van der Waals surface area contributed by atoms with E-state index in [2.05, 4.69) is 35.7 Å². The van der Waals surface area contributed by atoms with Gasteiger partial charge in [-0.3, -0.25) is 8.88 Å². The molecule has 9 heteroatoms.